The zero-order valence-electron chi connectivity index (χ0n) is 8.90. The van der Waals surface area contributed by atoms with Crippen molar-refractivity contribution >= 4 is 50.1 Å². The number of nitrogens with zero attached hydrogens (tertiary/aromatic N) is 1. The molecule has 0 fully saturated rings. The van der Waals surface area contributed by atoms with E-state index in [9.17, 15) is 4.79 Å². The molecule has 0 aliphatic heterocycles. The maximum Gasteiger partial charge on any atom is 0.293 e. The van der Waals surface area contributed by atoms with E-state index in [2.05, 4.69) is 26.2 Å². The van der Waals surface area contributed by atoms with Crippen molar-refractivity contribution in [2.45, 2.75) is 5.75 Å². The van der Waals surface area contributed by atoms with Gasteiger partial charge in [-0.2, -0.15) is 11.8 Å². The van der Waals surface area contributed by atoms with E-state index < -0.39 is 0 Å². The van der Waals surface area contributed by atoms with Gasteiger partial charge in [-0.15, -0.1) is 11.3 Å². The van der Waals surface area contributed by atoms with Crippen LogP contribution in [0.15, 0.2) is 26.6 Å². The predicted octanol–water partition coefficient (Wildman–Crippen LogP) is 3.61. The number of amides is 1. The number of furan rings is 1. The molecule has 90 valence electrons. The molecule has 0 spiro atoms. The minimum Gasteiger partial charge on any atom is -0.444 e. The second-order valence-corrected chi connectivity index (χ2v) is 5.64. The third-order valence-electron chi connectivity index (χ3n) is 1.86. The maximum atomic E-state index is 11.7. The van der Waals surface area contributed by atoms with E-state index in [1.54, 1.807) is 23.9 Å². The summed E-state index contributed by atoms with van der Waals surface area (Å²) in [7, 11) is 0. The molecule has 2 heterocycles. The second-order valence-electron chi connectivity index (χ2n) is 3.13. The average Bonchev–Trinajstić information content (AvgIpc) is 2.88. The zero-order valence-corrected chi connectivity index (χ0v) is 12.1. The molecule has 17 heavy (non-hydrogen) atoms. The molecule has 1 amide bonds. The van der Waals surface area contributed by atoms with Crippen LogP contribution < -0.4 is 5.32 Å². The highest BCUT2D eigenvalue weighted by Crippen LogP contribution is 2.20. The van der Waals surface area contributed by atoms with Crippen LogP contribution in [0.3, 0.4) is 0 Å². The third-order valence-corrected chi connectivity index (χ3v) is 3.68. The summed E-state index contributed by atoms with van der Waals surface area (Å²) in [6.07, 6.45) is 2.01. The maximum absolute atomic E-state index is 11.7. The van der Waals surface area contributed by atoms with Crippen LogP contribution in [0, 0.1) is 0 Å². The van der Waals surface area contributed by atoms with Gasteiger partial charge in [0.15, 0.2) is 15.6 Å². The van der Waals surface area contributed by atoms with Gasteiger partial charge in [-0.25, -0.2) is 4.98 Å². The van der Waals surface area contributed by atoms with Crippen LogP contribution in [-0.2, 0) is 5.75 Å². The van der Waals surface area contributed by atoms with Crippen molar-refractivity contribution in [3.05, 3.63) is 33.6 Å². The van der Waals surface area contributed by atoms with E-state index in [1.807, 2.05) is 11.6 Å². The molecule has 0 unspecified atom stereocenters. The van der Waals surface area contributed by atoms with Gasteiger partial charge in [0.1, 0.15) is 0 Å². The number of rotatable bonds is 4. The molecule has 0 aliphatic rings. The van der Waals surface area contributed by atoms with E-state index in [0.717, 1.165) is 11.4 Å². The van der Waals surface area contributed by atoms with Gasteiger partial charge in [0.2, 0.25) is 0 Å². The minimum atomic E-state index is -0.291. The normalized spacial score (nSPS) is 10.5. The Morgan fingerprint density at radius 2 is 2.47 bits per heavy atom. The SMILES string of the molecule is CSCc1csc(NC(=O)c2ccc(Br)o2)n1. The van der Waals surface area contributed by atoms with Crippen molar-refractivity contribution in [3.8, 4) is 0 Å². The first-order valence-corrected chi connectivity index (χ1v) is 7.75. The molecule has 0 saturated carbocycles. The van der Waals surface area contributed by atoms with Gasteiger partial charge < -0.3 is 4.42 Å². The number of halogens is 1. The van der Waals surface area contributed by atoms with E-state index >= 15 is 0 Å². The standard InChI is InChI=1S/C10H9BrN2O2S2/c1-16-4-6-5-17-10(12-6)13-9(14)7-2-3-8(11)15-7/h2-3,5H,4H2,1H3,(H,12,13,14). The monoisotopic (exact) mass is 332 g/mol. The van der Waals surface area contributed by atoms with Crippen molar-refractivity contribution in [1.82, 2.24) is 4.98 Å². The van der Waals surface area contributed by atoms with Crippen LogP contribution in [0.25, 0.3) is 0 Å². The number of thioether (sulfide) groups is 1. The van der Waals surface area contributed by atoms with E-state index in [1.165, 1.54) is 11.3 Å². The molecular weight excluding hydrogens is 324 g/mol. The topological polar surface area (TPSA) is 55.1 Å². The van der Waals surface area contributed by atoms with Crippen molar-refractivity contribution < 1.29 is 9.21 Å². The molecule has 0 saturated heterocycles. The van der Waals surface area contributed by atoms with Gasteiger partial charge in [0.05, 0.1) is 5.69 Å². The molecule has 2 aromatic rings. The van der Waals surface area contributed by atoms with Gasteiger partial charge >= 0.3 is 0 Å². The predicted molar refractivity (Wildman–Crippen MR) is 73.7 cm³/mol. The van der Waals surface area contributed by atoms with Crippen LogP contribution in [0.2, 0.25) is 0 Å². The summed E-state index contributed by atoms with van der Waals surface area (Å²) < 4.78 is 5.68. The molecular formula is C10H9BrN2O2S2. The number of carbonyl (C=O) groups excluding carboxylic acids is 1. The first-order chi connectivity index (χ1) is 8.19. The number of anilines is 1. The van der Waals surface area contributed by atoms with Crippen LogP contribution in [0.5, 0.6) is 0 Å². The van der Waals surface area contributed by atoms with Crippen molar-refractivity contribution in [3.63, 3.8) is 0 Å². The quantitative estimate of drug-likeness (QED) is 0.929. The lowest BCUT2D eigenvalue weighted by molar-refractivity contribution is 0.0995. The number of nitrogens with one attached hydrogen (secondary N) is 1. The fourth-order valence-corrected chi connectivity index (χ4v) is 2.73. The summed E-state index contributed by atoms with van der Waals surface area (Å²) in [5.74, 6) is 0.817. The lowest BCUT2D eigenvalue weighted by Gasteiger charge is -1.97. The fourth-order valence-electron chi connectivity index (χ4n) is 1.17. The van der Waals surface area contributed by atoms with Gasteiger partial charge in [-0.3, -0.25) is 10.1 Å². The molecule has 0 aliphatic carbocycles. The van der Waals surface area contributed by atoms with Crippen LogP contribution >= 0.6 is 39.0 Å². The lowest BCUT2D eigenvalue weighted by atomic mass is 10.4. The minimum absolute atomic E-state index is 0.262. The molecule has 0 bridgehead atoms. The third kappa shape index (κ3) is 3.34. The summed E-state index contributed by atoms with van der Waals surface area (Å²) in [6, 6.07) is 3.28. The Balaban J connectivity index is 2.02. The van der Waals surface area contributed by atoms with Crippen LogP contribution in [0.4, 0.5) is 5.13 Å². The number of thiazole rings is 1. The molecule has 2 rings (SSSR count). The van der Waals surface area contributed by atoms with Gasteiger partial charge in [-0.05, 0) is 34.3 Å². The first kappa shape index (κ1) is 12.7. The van der Waals surface area contributed by atoms with Crippen molar-refractivity contribution in [2.24, 2.45) is 0 Å². The Morgan fingerprint density at radius 1 is 1.65 bits per heavy atom. The van der Waals surface area contributed by atoms with Gasteiger partial charge in [0, 0.05) is 11.1 Å². The zero-order chi connectivity index (χ0) is 12.3. The summed E-state index contributed by atoms with van der Waals surface area (Å²) >= 11 is 6.25. The Hall–Kier alpha value is -0.790. The second kappa shape index (κ2) is 5.70. The number of aromatic nitrogens is 1. The number of hydrogen-bond acceptors (Lipinski definition) is 5. The number of hydrogen-bond donors (Lipinski definition) is 1. The number of carbonyl (C=O) groups is 1. The van der Waals surface area contributed by atoms with Crippen molar-refractivity contribution in [2.75, 3.05) is 11.6 Å². The van der Waals surface area contributed by atoms with Crippen molar-refractivity contribution in [1.29, 1.82) is 0 Å². The Morgan fingerprint density at radius 3 is 3.12 bits per heavy atom. The highest BCUT2D eigenvalue weighted by Gasteiger charge is 2.12. The van der Waals surface area contributed by atoms with Gasteiger partial charge in [-0.1, -0.05) is 0 Å². The first-order valence-electron chi connectivity index (χ1n) is 4.69. The molecule has 4 nitrogen and oxygen atoms in total. The lowest BCUT2D eigenvalue weighted by Crippen LogP contribution is -2.10. The summed E-state index contributed by atoms with van der Waals surface area (Å²) in [6.45, 7) is 0. The Bertz CT molecular complexity index is 524. The molecule has 0 atom stereocenters. The average molecular weight is 333 g/mol. The molecule has 7 heteroatoms. The van der Waals surface area contributed by atoms with Gasteiger partial charge in [0.25, 0.3) is 5.91 Å². The van der Waals surface area contributed by atoms with Crippen LogP contribution in [0.1, 0.15) is 16.2 Å². The molecule has 1 N–H and O–H groups in total. The Labute approximate surface area is 115 Å². The van der Waals surface area contributed by atoms with E-state index in [-0.39, 0.29) is 11.7 Å². The van der Waals surface area contributed by atoms with E-state index in [4.69, 9.17) is 4.42 Å². The fraction of sp³-hybridized carbons (Fsp3) is 0.200. The highest BCUT2D eigenvalue weighted by molar-refractivity contribution is 9.10. The molecule has 2 aromatic heterocycles. The Kier molecular flexibility index (Phi) is 4.25. The molecule has 0 aromatic carbocycles. The largest absolute Gasteiger partial charge is 0.444 e. The summed E-state index contributed by atoms with van der Waals surface area (Å²) in [4.78, 5) is 16.0. The highest BCUT2D eigenvalue weighted by atomic mass is 79.9. The van der Waals surface area contributed by atoms with Crippen LogP contribution in [-0.4, -0.2) is 17.1 Å². The smallest absolute Gasteiger partial charge is 0.293 e. The molecule has 0 radical (unpaired) electrons. The van der Waals surface area contributed by atoms with E-state index in [0.29, 0.717) is 9.80 Å². The summed E-state index contributed by atoms with van der Waals surface area (Å²) in [5, 5.41) is 5.22. The summed E-state index contributed by atoms with van der Waals surface area (Å²) in [5.41, 5.74) is 0.971.